The lowest BCUT2D eigenvalue weighted by molar-refractivity contribution is 0.102. The summed E-state index contributed by atoms with van der Waals surface area (Å²) in [5.74, 6) is -1.63. The van der Waals surface area contributed by atoms with Crippen LogP contribution in [0.15, 0.2) is 30.3 Å². The Bertz CT molecular complexity index is 709. The van der Waals surface area contributed by atoms with Gasteiger partial charge in [0.25, 0.3) is 5.91 Å². The molecule has 1 amide bonds. The first-order valence-electron chi connectivity index (χ1n) is 6.56. The summed E-state index contributed by atoms with van der Waals surface area (Å²) in [5, 5.41) is 2.56. The zero-order valence-corrected chi connectivity index (χ0v) is 12.8. The van der Waals surface area contributed by atoms with E-state index in [9.17, 15) is 13.6 Å². The molecule has 0 aliphatic heterocycles. The van der Waals surface area contributed by atoms with Crippen LogP contribution in [0, 0.1) is 11.6 Å². The van der Waals surface area contributed by atoms with Crippen molar-refractivity contribution in [2.45, 2.75) is 0 Å². The highest BCUT2D eigenvalue weighted by Crippen LogP contribution is 2.40. The van der Waals surface area contributed by atoms with Crippen molar-refractivity contribution >= 4 is 11.6 Å². The first-order valence-corrected chi connectivity index (χ1v) is 6.56. The van der Waals surface area contributed by atoms with Crippen molar-refractivity contribution in [2.75, 3.05) is 26.6 Å². The fourth-order valence-corrected chi connectivity index (χ4v) is 1.99. The van der Waals surface area contributed by atoms with Gasteiger partial charge < -0.3 is 19.5 Å². The van der Waals surface area contributed by atoms with Gasteiger partial charge in [-0.05, 0) is 18.2 Å². The van der Waals surface area contributed by atoms with Gasteiger partial charge in [-0.25, -0.2) is 8.78 Å². The smallest absolute Gasteiger partial charge is 0.255 e. The van der Waals surface area contributed by atoms with Crippen LogP contribution >= 0.6 is 0 Å². The molecule has 7 heteroatoms. The summed E-state index contributed by atoms with van der Waals surface area (Å²) >= 11 is 0. The molecule has 0 heterocycles. The number of halogens is 2. The Morgan fingerprint density at radius 1 is 0.913 bits per heavy atom. The first-order chi connectivity index (χ1) is 11.0. The second-order valence-electron chi connectivity index (χ2n) is 4.50. The van der Waals surface area contributed by atoms with Crippen LogP contribution < -0.4 is 19.5 Å². The lowest BCUT2D eigenvalue weighted by Gasteiger charge is -2.14. The molecule has 0 saturated heterocycles. The third-order valence-corrected chi connectivity index (χ3v) is 3.10. The molecule has 5 nitrogen and oxygen atoms in total. The minimum Gasteiger partial charge on any atom is -0.493 e. The van der Waals surface area contributed by atoms with E-state index >= 15 is 0 Å². The van der Waals surface area contributed by atoms with Crippen molar-refractivity contribution < 1.29 is 27.8 Å². The van der Waals surface area contributed by atoms with Crippen LogP contribution in [-0.4, -0.2) is 27.2 Å². The van der Waals surface area contributed by atoms with Gasteiger partial charge in [0, 0.05) is 23.4 Å². The van der Waals surface area contributed by atoms with E-state index in [4.69, 9.17) is 14.2 Å². The van der Waals surface area contributed by atoms with E-state index in [1.165, 1.54) is 39.5 Å². The summed E-state index contributed by atoms with van der Waals surface area (Å²) in [6, 6.07) is 5.95. The van der Waals surface area contributed by atoms with E-state index in [0.717, 1.165) is 12.1 Å². The number of benzene rings is 2. The van der Waals surface area contributed by atoms with Gasteiger partial charge in [0.1, 0.15) is 0 Å². The summed E-state index contributed by atoms with van der Waals surface area (Å²) in [5.41, 5.74) is 0.340. The van der Waals surface area contributed by atoms with Crippen LogP contribution in [0.1, 0.15) is 10.4 Å². The quantitative estimate of drug-likeness (QED) is 0.918. The molecule has 0 spiro atoms. The Morgan fingerprint density at radius 3 is 2.00 bits per heavy atom. The Labute approximate surface area is 131 Å². The molecule has 0 aliphatic rings. The number of nitrogens with one attached hydrogen (secondary N) is 1. The van der Waals surface area contributed by atoms with E-state index in [0.29, 0.717) is 22.9 Å². The van der Waals surface area contributed by atoms with E-state index in [2.05, 4.69) is 5.32 Å². The van der Waals surface area contributed by atoms with E-state index in [1.54, 1.807) is 0 Å². The number of methoxy groups -OCH3 is 3. The lowest BCUT2D eigenvalue weighted by Crippen LogP contribution is -2.12. The molecule has 2 aromatic carbocycles. The molecule has 0 aliphatic carbocycles. The average Bonchev–Trinajstić information content (AvgIpc) is 2.56. The van der Waals surface area contributed by atoms with E-state index in [1.807, 2.05) is 0 Å². The SMILES string of the molecule is COc1cc(NC(=O)c2ccc(F)c(F)c2)cc(OC)c1OC. The third kappa shape index (κ3) is 3.50. The number of hydrogen-bond donors (Lipinski definition) is 1. The Morgan fingerprint density at radius 2 is 1.52 bits per heavy atom. The molecule has 0 unspecified atom stereocenters. The Kier molecular flexibility index (Phi) is 5.00. The number of hydrogen-bond acceptors (Lipinski definition) is 4. The molecule has 0 saturated carbocycles. The van der Waals surface area contributed by atoms with Gasteiger partial charge >= 0.3 is 0 Å². The number of carbonyl (C=O) groups excluding carboxylic acids is 1. The van der Waals surface area contributed by atoms with Crippen molar-refractivity contribution in [3.05, 3.63) is 47.5 Å². The number of amides is 1. The summed E-state index contributed by atoms with van der Waals surface area (Å²) in [4.78, 5) is 12.1. The normalized spacial score (nSPS) is 10.1. The van der Waals surface area contributed by atoms with Gasteiger partial charge in [0.15, 0.2) is 23.1 Å². The fourth-order valence-electron chi connectivity index (χ4n) is 1.99. The Balaban J connectivity index is 2.31. The zero-order chi connectivity index (χ0) is 17.0. The van der Waals surface area contributed by atoms with Crippen LogP contribution in [0.2, 0.25) is 0 Å². The summed E-state index contributed by atoms with van der Waals surface area (Å²) < 4.78 is 41.6. The first kappa shape index (κ1) is 16.5. The second-order valence-corrected chi connectivity index (χ2v) is 4.50. The van der Waals surface area contributed by atoms with Crippen LogP contribution in [0.5, 0.6) is 17.2 Å². The minimum atomic E-state index is -1.09. The van der Waals surface area contributed by atoms with Crippen LogP contribution in [-0.2, 0) is 0 Å². The van der Waals surface area contributed by atoms with Crippen LogP contribution in [0.25, 0.3) is 0 Å². The lowest BCUT2D eigenvalue weighted by atomic mass is 10.2. The molecule has 0 atom stereocenters. The summed E-state index contributed by atoms with van der Waals surface area (Å²) in [6.45, 7) is 0. The molecule has 0 bridgehead atoms. The van der Waals surface area contributed by atoms with Crippen molar-refractivity contribution in [3.8, 4) is 17.2 Å². The maximum Gasteiger partial charge on any atom is 0.255 e. The van der Waals surface area contributed by atoms with Crippen molar-refractivity contribution in [1.82, 2.24) is 0 Å². The number of ether oxygens (including phenoxy) is 3. The molecule has 2 aromatic rings. The predicted octanol–water partition coefficient (Wildman–Crippen LogP) is 3.24. The monoisotopic (exact) mass is 323 g/mol. The molecule has 0 aromatic heterocycles. The highest BCUT2D eigenvalue weighted by atomic mass is 19.2. The maximum atomic E-state index is 13.2. The van der Waals surface area contributed by atoms with Gasteiger partial charge in [0.2, 0.25) is 5.75 Å². The molecule has 122 valence electrons. The van der Waals surface area contributed by atoms with Crippen molar-refractivity contribution in [2.24, 2.45) is 0 Å². The molecule has 2 rings (SSSR count). The van der Waals surface area contributed by atoms with Gasteiger partial charge in [-0.1, -0.05) is 0 Å². The molecular weight excluding hydrogens is 308 g/mol. The highest BCUT2D eigenvalue weighted by molar-refractivity contribution is 6.04. The summed E-state index contributed by atoms with van der Waals surface area (Å²) in [7, 11) is 4.34. The van der Waals surface area contributed by atoms with Crippen LogP contribution in [0.4, 0.5) is 14.5 Å². The van der Waals surface area contributed by atoms with Gasteiger partial charge in [0.05, 0.1) is 21.3 Å². The van der Waals surface area contributed by atoms with Crippen molar-refractivity contribution in [1.29, 1.82) is 0 Å². The number of carbonyl (C=O) groups is 1. The minimum absolute atomic E-state index is 0.0161. The summed E-state index contributed by atoms with van der Waals surface area (Å²) in [6.07, 6.45) is 0. The molecule has 1 N–H and O–H groups in total. The Hall–Kier alpha value is -2.83. The predicted molar refractivity (Wildman–Crippen MR) is 80.4 cm³/mol. The molecule has 23 heavy (non-hydrogen) atoms. The van der Waals surface area contributed by atoms with E-state index < -0.39 is 17.5 Å². The molecular formula is C16H15F2NO4. The maximum absolute atomic E-state index is 13.2. The van der Waals surface area contributed by atoms with Gasteiger partial charge in [-0.3, -0.25) is 4.79 Å². The van der Waals surface area contributed by atoms with E-state index in [-0.39, 0.29) is 5.56 Å². The third-order valence-electron chi connectivity index (χ3n) is 3.10. The van der Waals surface area contributed by atoms with Crippen molar-refractivity contribution in [3.63, 3.8) is 0 Å². The standard InChI is InChI=1S/C16H15F2NO4/c1-21-13-7-10(8-14(22-2)15(13)23-3)19-16(20)9-4-5-11(17)12(18)6-9/h4-8H,1-3H3,(H,19,20). The highest BCUT2D eigenvalue weighted by Gasteiger charge is 2.16. The topological polar surface area (TPSA) is 56.8 Å². The average molecular weight is 323 g/mol. The largest absolute Gasteiger partial charge is 0.493 e. The fraction of sp³-hybridized carbons (Fsp3) is 0.188. The number of anilines is 1. The second kappa shape index (κ2) is 6.95. The zero-order valence-electron chi connectivity index (χ0n) is 12.8. The van der Waals surface area contributed by atoms with Crippen LogP contribution in [0.3, 0.4) is 0 Å². The van der Waals surface area contributed by atoms with Gasteiger partial charge in [-0.2, -0.15) is 0 Å². The molecule has 0 radical (unpaired) electrons. The number of rotatable bonds is 5. The van der Waals surface area contributed by atoms with Gasteiger partial charge in [-0.15, -0.1) is 0 Å². The molecule has 0 fully saturated rings.